The normalized spacial score (nSPS) is 27.5. The standard InChI is InChI=1S/C18H18O6/c1-10-5-4-6-11(2)18(22)24-17-15(20)13(8-7-10)9-14(16(17)21)23-12(3)19/h6,9,14,16-17,21H,1,4-5H2,2-3H3. The molecule has 0 saturated heterocycles. The Morgan fingerprint density at radius 3 is 2.79 bits per heavy atom. The van der Waals surface area contributed by atoms with Gasteiger partial charge in [-0.25, -0.2) is 4.79 Å². The molecule has 0 radical (unpaired) electrons. The van der Waals surface area contributed by atoms with E-state index in [4.69, 9.17) is 9.47 Å². The van der Waals surface area contributed by atoms with Crippen LogP contribution in [-0.4, -0.2) is 41.1 Å². The number of carbonyl (C=O) groups is 3. The first-order valence-electron chi connectivity index (χ1n) is 7.48. The number of fused-ring (bicyclic) bond motifs is 2. The van der Waals surface area contributed by atoms with E-state index >= 15 is 0 Å². The second kappa shape index (κ2) is 7.28. The summed E-state index contributed by atoms with van der Waals surface area (Å²) in [6.45, 7) is 6.54. The summed E-state index contributed by atoms with van der Waals surface area (Å²) in [7, 11) is 0. The molecule has 6 nitrogen and oxygen atoms in total. The van der Waals surface area contributed by atoms with Crippen LogP contribution >= 0.6 is 0 Å². The van der Waals surface area contributed by atoms with E-state index < -0.39 is 36.0 Å². The van der Waals surface area contributed by atoms with Gasteiger partial charge in [0.25, 0.3) is 0 Å². The molecule has 0 amide bonds. The van der Waals surface area contributed by atoms with Crippen molar-refractivity contribution >= 4 is 17.7 Å². The minimum absolute atomic E-state index is 0.0210. The first-order valence-corrected chi connectivity index (χ1v) is 7.48. The molecule has 3 atom stereocenters. The molecule has 1 N–H and O–H groups in total. The number of ketones is 1. The molecule has 126 valence electrons. The van der Waals surface area contributed by atoms with E-state index in [1.54, 1.807) is 13.0 Å². The smallest absolute Gasteiger partial charge is 0.334 e. The van der Waals surface area contributed by atoms with Gasteiger partial charge in [-0.3, -0.25) is 9.59 Å². The Balaban J connectivity index is 2.47. The van der Waals surface area contributed by atoms with Gasteiger partial charge in [-0.2, -0.15) is 0 Å². The highest BCUT2D eigenvalue weighted by Crippen LogP contribution is 2.23. The zero-order valence-corrected chi connectivity index (χ0v) is 13.5. The van der Waals surface area contributed by atoms with E-state index in [1.807, 2.05) is 0 Å². The Bertz CT molecular complexity index is 716. The molecule has 3 unspecified atom stereocenters. The van der Waals surface area contributed by atoms with Crippen molar-refractivity contribution in [2.24, 2.45) is 0 Å². The SMILES string of the molecule is C=C1C#CC2=CC(OC(C)=O)C(O)C(OC(=O)C(C)=CCC1)C2=O. The van der Waals surface area contributed by atoms with Crippen molar-refractivity contribution in [1.82, 2.24) is 0 Å². The topological polar surface area (TPSA) is 89.9 Å². The number of aliphatic hydroxyl groups is 1. The molecule has 1 aliphatic heterocycles. The number of allylic oxidation sites excluding steroid dienone is 2. The summed E-state index contributed by atoms with van der Waals surface area (Å²) in [5.41, 5.74) is 0.942. The maximum Gasteiger partial charge on any atom is 0.334 e. The summed E-state index contributed by atoms with van der Waals surface area (Å²) in [5, 5.41) is 10.3. The molecule has 1 heterocycles. The number of carbonyl (C=O) groups excluding carboxylic acids is 3. The van der Waals surface area contributed by atoms with Gasteiger partial charge >= 0.3 is 11.9 Å². The van der Waals surface area contributed by atoms with Gasteiger partial charge in [-0.15, -0.1) is 0 Å². The summed E-state index contributed by atoms with van der Waals surface area (Å²) >= 11 is 0. The van der Waals surface area contributed by atoms with Crippen LogP contribution < -0.4 is 0 Å². The van der Waals surface area contributed by atoms with Gasteiger partial charge in [0, 0.05) is 12.5 Å². The summed E-state index contributed by atoms with van der Waals surface area (Å²) in [5.74, 6) is 3.46. The fraction of sp³-hybridized carbons (Fsp3) is 0.389. The van der Waals surface area contributed by atoms with Crippen molar-refractivity contribution in [2.75, 3.05) is 0 Å². The molecule has 6 heteroatoms. The molecule has 0 spiro atoms. The molecule has 0 aromatic heterocycles. The van der Waals surface area contributed by atoms with E-state index in [9.17, 15) is 19.5 Å². The quantitative estimate of drug-likeness (QED) is 0.570. The number of esters is 2. The van der Waals surface area contributed by atoms with Gasteiger partial charge in [-0.05, 0) is 31.4 Å². The lowest BCUT2D eigenvalue weighted by Gasteiger charge is -2.30. The van der Waals surface area contributed by atoms with E-state index in [-0.39, 0.29) is 5.57 Å². The summed E-state index contributed by atoms with van der Waals surface area (Å²) in [6.07, 6.45) is -0.0575. The summed E-state index contributed by atoms with van der Waals surface area (Å²) in [4.78, 5) is 35.7. The van der Waals surface area contributed by atoms with Crippen LogP contribution in [0.3, 0.4) is 0 Å². The summed E-state index contributed by atoms with van der Waals surface area (Å²) < 4.78 is 10.1. The van der Waals surface area contributed by atoms with E-state index in [1.165, 1.54) is 13.0 Å². The molecule has 0 aromatic rings. The van der Waals surface area contributed by atoms with Gasteiger partial charge < -0.3 is 14.6 Å². The van der Waals surface area contributed by atoms with E-state index in [2.05, 4.69) is 18.4 Å². The lowest BCUT2D eigenvalue weighted by molar-refractivity contribution is -0.168. The second-order valence-corrected chi connectivity index (χ2v) is 5.61. The van der Waals surface area contributed by atoms with Crippen molar-refractivity contribution in [1.29, 1.82) is 0 Å². The maximum absolute atomic E-state index is 12.4. The Kier molecular flexibility index (Phi) is 5.37. The Hall–Kier alpha value is -2.65. The predicted molar refractivity (Wildman–Crippen MR) is 84.4 cm³/mol. The molecule has 24 heavy (non-hydrogen) atoms. The largest absolute Gasteiger partial charge is 0.455 e. The minimum atomic E-state index is -1.49. The maximum atomic E-state index is 12.4. The third-order valence-corrected chi connectivity index (χ3v) is 3.63. The van der Waals surface area contributed by atoms with Gasteiger partial charge in [0.15, 0.2) is 12.2 Å². The molecule has 1 aliphatic carbocycles. The Morgan fingerprint density at radius 2 is 2.12 bits per heavy atom. The average molecular weight is 330 g/mol. The Morgan fingerprint density at radius 1 is 1.42 bits per heavy atom. The highest BCUT2D eigenvalue weighted by Gasteiger charge is 2.42. The molecule has 2 rings (SSSR count). The van der Waals surface area contributed by atoms with Gasteiger partial charge in [-0.1, -0.05) is 24.5 Å². The van der Waals surface area contributed by atoms with Crippen molar-refractivity contribution in [2.45, 2.75) is 45.0 Å². The van der Waals surface area contributed by atoms with Gasteiger partial charge in [0.05, 0.1) is 5.57 Å². The number of Topliss-reactive ketones (excluding diaryl/α,β-unsaturated/α-hetero) is 1. The fourth-order valence-electron chi connectivity index (χ4n) is 2.32. The minimum Gasteiger partial charge on any atom is -0.455 e. The van der Waals surface area contributed by atoms with Crippen LogP contribution in [0.15, 0.2) is 35.5 Å². The molecular formula is C18H18O6. The van der Waals surface area contributed by atoms with Gasteiger partial charge in [0.2, 0.25) is 5.78 Å². The summed E-state index contributed by atoms with van der Waals surface area (Å²) in [6, 6.07) is 0. The molecule has 2 aliphatic rings. The van der Waals surface area contributed by atoms with Crippen LogP contribution in [0.2, 0.25) is 0 Å². The number of rotatable bonds is 1. The number of hydrogen-bond donors (Lipinski definition) is 1. The Labute approximate surface area is 139 Å². The monoisotopic (exact) mass is 330 g/mol. The van der Waals surface area contributed by atoms with Crippen LogP contribution in [0.1, 0.15) is 26.7 Å². The first kappa shape index (κ1) is 17.7. The van der Waals surface area contributed by atoms with Crippen LogP contribution in [0, 0.1) is 11.8 Å². The first-order chi connectivity index (χ1) is 11.3. The van der Waals surface area contributed by atoms with Crippen molar-refractivity contribution in [3.05, 3.63) is 35.5 Å². The number of ether oxygens (including phenoxy) is 2. The predicted octanol–water partition coefficient (Wildman–Crippen LogP) is 1.000. The molecule has 0 saturated carbocycles. The lowest BCUT2D eigenvalue weighted by Crippen LogP contribution is -2.49. The highest BCUT2D eigenvalue weighted by molar-refractivity contribution is 6.05. The third-order valence-electron chi connectivity index (χ3n) is 3.63. The van der Waals surface area contributed by atoms with Crippen LogP contribution in [0.25, 0.3) is 0 Å². The number of aliphatic hydroxyl groups excluding tert-OH is 1. The van der Waals surface area contributed by atoms with Crippen molar-refractivity contribution in [3.63, 3.8) is 0 Å². The van der Waals surface area contributed by atoms with Crippen LogP contribution in [0.4, 0.5) is 0 Å². The highest BCUT2D eigenvalue weighted by atomic mass is 16.6. The van der Waals surface area contributed by atoms with Crippen molar-refractivity contribution < 1.29 is 29.0 Å². The number of hydrogen-bond acceptors (Lipinski definition) is 6. The van der Waals surface area contributed by atoms with E-state index in [0.717, 1.165) is 0 Å². The van der Waals surface area contributed by atoms with Crippen LogP contribution in [-0.2, 0) is 23.9 Å². The van der Waals surface area contributed by atoms with Gasteiger partial charge in [0.1, 0.15) is 6.10 Å². The molecule has 2 bridgehead atoms. The zero-order valence-electron chi connectivity index (χ0n) is 13.5. The fourth-order valence-corrected chi connectivity index (χ4v) is 2.32. The molecular weight excluding hydrogens is 312 g/mol. The van der Waals surface area contributed by atoms with E-state index in [0.29, 0.717) is 24.0 Å². The van der Waals surface area contributed by atoms with Crippen molar-refractivity contribution in [3.8, 4) is 11.8 Å². The van der Waals surface area contributed by atoms with Crippen LogP contribution in [0.5, 0.6) is 0 Å². The third kappa shape index (κ3) is 4.00. The molecule has 0 aromatic carbocycles. The second-order valence-electron chi connectivity index (χ2n) is 5.61. The molecule has 0 fully saturated rings. The zero-order chi connectivity index (χ0) is 17.9. The average Bonchev–Trinajstić information content (AvgIpc) is 2.51. The lowest BCUT2D eigenvalue weighted by atomic mass is 9.90.